The van der Waals surface area contributed by atoms with Crippen LogP contribution < -0.4 is 5.32 Å². The van der Waals surface area contributed by atoms with Crippen molar-refractivity contribution in [3.63, 3.8) is 0 Å². The number of hydrogen-bond acceptors (Lipinski definition) is 7. The van der Waals surface area contributed by atoms with E-state index in [0.717, 1.165) is 41.7 Å². The van der Waals surface area contributed by atoms with Gasteiger partial charge in [-0.2, -0.15) is 10.2 Å². The van der Waals surface area contributed by atoms with Gasteiger partial charge in [0.1, 0.15) is 5.82 Å². The molecule has 0 amide bonds. The highest BCUT2D eigenvalue weighted by atomic mass is 16.5. The zero-order chi connectivity index (χ0) is 24.0. The molecule has 8 heteroatoms. The number of nitrogens with zero attached hydrogens (tertiary/aromatic N) is 6. The highest BCUT2D eigenvalue weighted by molar-refractivity contribution is 5.44. The van der Waals surface area contributed by atoms with E-state index < -0.39 is 0 Å². The van der Waals surface area contributed by atoms with Gasteiger partial charge in [-0.15, -0.1) is 5.10 Å². The lowest BCUT2D eigenvalue weighted by molar-refractivity contribution is -0.0154. The van der Waals surface area contributed by atoms with Crippen LogP contribution in [0.1, 0.15) is 95.6 Å². The lowest BCUT2D eigenvalue weighted by Gasteiger charge is -2.46. The van der Waals surface area contributed by atoms with Gasteiger partial charge < -0.3 is 10.1 Å². The lowest BCUT2D eigenvalue weighted by Crippen LogP contribution is -2.50. The first-order chi connectivity index (χ1) is 17.0. The zero-order valence-corrected chi connectivity index (χ0v) is 21.6. The van der Waals surface area contributed by atoms with Crippen LogP contribution in [0.4, 0.5) is 5.82 Å². The Balaban J connectivity index is 1.07. The van der Waals surface area contributed by atoms with Crippen molar-refractivity contribution in [2.45, 2.75) is 115 Å². The van der Waals surface area contributed by atoms with Crippen molar-refractivity contribution in [1.29, 1.82) is 0 Å². The predicted molar refractivity (Wildman–Crippen MR) is 136 cm³/mol. The first-order valence-electron chi connectivity index (χ1n) is 13.9. The van der Waals surface area contributed by atoms with Gasteiger partial charge in [0.15, 0.2) is 11.6 Å². The van der Waals surface area contributed by atoms with Crippen molar-refractivity contribution in [2.75, 3.05) is 19.0 Å². The van der Waals surface area contributed by atoms with Crippen LogP contribution in [-0.4, -0.2) is 67.7 Å². The molecule has 2 saturated carbocycles. The molecule has 2 saturated heterocycles. The van der Waals surface area contributed by atoms with Gasteiger partial charge in [-0.1, -0.05) is 13.8 Å². The molecule has 190 valence electrons. The molecule has 4 aliphatic rings. The molecule has 35 heavy (non-hydrogen) atoms. The minimum atomic E-state index is 0.406. The summed E-state index contributed by atoms with van der Waals surface area (Å²) >= 11 is 0. The minimum Gasteiger partial charge on any atom is -0.381 e. The molecule has 4 fully saturated rings. The molecule has 0 unspecified atom stereocenters. The summed E-state index contributed by atoms with van der Waals surface area (Å²) in [6.45, 7) is 5.87. The fourth-order valence-corrected chi connectivity index (χ4v) is 6.80. The normalized spacial score (nSPS) is 33.2. The number of fused-ring (bicyclic) bond motifs is 2. The van der Waals surface area contributed by atoms with E-state index in [1.54, 1.807) is 0 Å². The average Bonchev–Trinajstić information content (AvgIpc) is 3.59. The van der Waals surface area contributed by atoms with Gasteiger partial charge in [-0.3, -0.25) is 4.90 Å². The Bertz CT molecular complexity index is 1010. The Morgan fingerprint density at radius 3 is 2.49 bits per heavy atom. The number of aromatic nitrogens is 5. The summed E-state index contributed by atoms with van der Waals surface area (Å²) in [6.07, 6.45) is 15.6. The van der Waals surface area contributed by atoms with E-state index in [0.29, 0.717) is 23.5 Å². The molecule has 0 spiro atoms. The molecule has 2 aromatic rings. The number of piperidine rings is 1. The second-order valence-electron chi connectivity index (χ2n) is 11.8. The number of methoxy groups -OCH3 is 1. The van der Waals surface area contributed by atoms with Crippen molar-refractivity contribution in [3.8, 4) is 5.69 Å². The maximum atomic E-state index is 5.72. The summed E-state index contributed by atoms with van der Waals surface area (Å²) < 4.78 is 7.71. The molecular formula is C27H41N7O. The van der Waals surface area contributed by atoms with Gasteiger partial charge in [-0.25, -0.2) is 9.67 Å². The van der Waals surface area contributed by atoms with Crippen LogP contribution in [0.2, 0.25) is 0 Å². The van der Waals surface area contributed by atoms with Crippen molar-refractivity contribution in [3.05, 3.63) is 23.9 Å². The smallest absolute Gasteiger partial charge is 0.151 e. The monoisotopic (exact) mass is 479 g/mol. The molecule has 0 aromatic carbocycles. The number of nitrogens with one attached hydrogen (secondary N) is 1. The van der Waals surface area contributed by atoms with Gasteiger partial charge in [-0.05, 0) is 69.6 Å². The van der Waals surface area contributed by atoms with Gasteiger partial charge in [0.2, 0.25) is 0 Å². The van der Waals surface area contributed by atoms with Crippen LogP contribution in [0.3, 0.4) is 0 Å². The molecule has 2 aliphatic carbocycles. The number of ether oxygens (including phenoxy) is 1. The highest BCUT2D eigenvalue weighted by Gasteiger charge is 2.44. The number of rotatable bonds is 8. The Morgan fingerprint density at radius 1 is 1.09 bits per heavy atom. The minimum absolute atomic E-state index is 0.406. The average molecular weight is 480 g/mol. The number of anilines is 1. The summed E-state index contributed by atoms with van der Waals surface area (Å²) in [5.74, 6) is 3.38. The topological polar surface area (TPSA) is 81.0 Å². The van der Waals surface area contributed by atoms with Crippen molar-refractivity contribution in [1.82, 2.24) is 29.9 Å². The van der Waals surface area contributed by atoms with Crippen LogP contribution >= 0.6 is 0 Å². The van der Waals surface area contributed by atoms with Crippen molar-refractivity contribution < 1.29 is 4.74 Å². The van der Waals surface area contributed by atoms with E-state index in [-0.39, 0.29) is 0 Å². The number of hydrogen-bond donors (Lipinski definition) is 1. The van der Waals surface area contributed by atoms with E-state index in [1.165, 1.54) is 70.8 Å². The number of aryl methyl sites for hydroxylation is 1. The largest absolute Gasteiger partial charge is 0.381 e. The molecule has 2 bridgehead atoms. The molecule has 8 nitrogen and oxygen atoms in total. The zero-order valence-electron chi connectivity index (χ0n) is 21.6. The fraction of sp³-hybridized carbons (Fsp3) is 0.778. The Kier molecular flexibility index (Phi) is 6.29. The Morgan fingerprint density at radius 2 is 1.83 bits per heavy atom. The molecule has 2 atom stereocenters. The van der Waals surface area contributed by atoms with Gasteiger partial charge in [0, 0.05) is 50.2 Å². The molecule has 6 rings (SSSR count). The van der Waals surface area contributed by atoms with Gasteiger partial charge >= 0.3 is 0 Å². The van der Waals surface area contributed by atoms with E-state index >= 15 is 0 Å². The van der Waals surface area contributed by atoms with Crippen LogP contribution in [0.15, 0.2) is 12.3 Å². The molecule has 2 aromatic heterocycles. The Labute approximate surface area is 209 Å². The predicted octanol–water partition coefficient (Wildman–Crippen LogP) is 4.50. The summed E-state index contributed by atoms with van der Waals surface area (Å²) in [5.41, 5.74) is 1.37. The molecule has 1 N–H and O–H groups in total. The van der Waals surface area contributed by atoms with E-state index in [4.69, 9.17) is 14.8 Å². The van der Waals surface area contributed by atoms with Crippen LogP contribution in [0.25, 0.3) is 5.69 Å². The SMILES string of the molecule is CCc1nc(C2CC2)n(-c2cnnc(NC3CCC(C)(CN4[C@@H]5CC[C@@H]4CC(OC)C5)CC3)c2)n1. The molecule has 0 radical (unpaired) electrons. The van der Waals surface area contributed by atoms with Crippen LogP contribution in [0.5, 0.6) is 0 Å². The third kappa shape index (κ3) is 4.84. The second-order valence-corrected chi connectivity index (χ2v) is 11.8. The maximum Gasteiger partial charge on any atom is 0.151 e. The maximum absolute atomic E-state index is 5.72. The summed E-state index contributed by atoms with van der Waals surface area (Å²) in [6, 6.07) is 4.01. The summed E-state index contributed by atoms with van der Waals surface area (Å²) in [4.78, 5) is 7.62. The van der Waals surface area contributed by atoms with Gasteiger partial charge in [0.05, 0.1) is 18.0 Å². The standard InChI is InChI=1S/C27H41N7O/c1-4-24-30-26(18-5-6-18)34(32-24)22-15-25(31-28-16-22)29-19-9-11-27(2,12-10-19)17-33-20-7-8-21(33)14-23(13-20)35-3/h15-16,18-21,23H,4-14,17H2,1-3H3,(H,29,31)/t19?,20-,21-,27?/m1/s1. The molecular weight excluding hydrogens is 438 g/mol. The summed E-state index contributed by atoms with van der Waals surface area (Å²) in [7, 11) is 1.88. The highest BCUT2D eigenvalue weighted by Crippen LogP contribution is 2.44. The summed E-state index contributed by atoms with van der Waals surface area (Å²) in [5, 5.41) is 17.2. The molecule has 4 heterocycles. The van der Waals surface area contributed by atoms with Crippen molar-refractivity contribution in [2.24, 2.45) is 5.41 Å². The molecule has 2 aliphatic heterocycles. The van der Waals surface area contributed by atoms with Crippen molar-refractivity contribution >= 4 is 5.82 Å². The second kappa shape index (κ2) is 9.43. The lowest BCUT2D eigenvalue weighted by atomic mass is 9.73. The quantitative estimate of drug-likeness (QED) is 0.597. The van der Waals surface area contributed by atoms with Crippen LogP contribution in [0, 0.1) is 5.41 Å². The Hall–Kier alpha value is -2.06. The fourth-order valence-electron chi connectivity index (χ4n) is 6.80. The van der Waals surface area contributed by atoms with Crippen LogP contribution in [-0.2, 0) is 11.2 Å². The first kappa shape index (κ1) is 23.3. The van der Waals surface area contributed by atoms with E-state index in [2.05, 4.69) is 40.3 Å². The third-order valence-electron chi connectivity index (χ3n) is 9.10. The van der Waals surface area contributed by atoms with E-state index in [1.807, 2.05) is 18.0 Å². The first-order valence-corrected chi connectivity index (χ1v) is 13.9. The van der Waals surface area contributed by atoms with Gasteiger partial charge in [0.25, 0.3) is 0 Å². The van der Waals surface area contributed by atoms with E-state index in [9.17, 15) is 0 Å². The third-order valence-corrected chi connectivity index (χ3v) is 9.10.